The fraction of sp³-hybridized carbons (Fsp3) is 0.625. The van der Waals surface area contributed by atoms with Gasteiger partial charge < -0.3 is 9.72 Å². The highest BCUT2D eigenvalue weighted by molar-refractivity contribution is 6.02. The zero-order valence-electron chi connectivity index (χ0n) is 13.0. The first-order valence-corrected chi connectivity index (χ1v) is 7.48. The van der Waals surface area contributed by atoms with E-state index < -0.39 is 0 Å². The number of fused-ring (bicyclic) bond motifs is 1. The molecule has 0 unspecified atom stereocenters. The number of rotatable bonds is 2. The Morgan fingerprint density at radius 3 is 2.45 bits per heavy atom. The maximum Gasteiger partial charge on any atom is 0.355 e. The van der Waals surface area contributed by atoms with Gasteiger partial charge in [-0.15, -0.1) is 0 Å². The maximum absolute atomic E-state index is 11.9. The topological polar surface area (TPSA) is 59.2 Å². The Bertz CT molecular complexity index is 480. The van der Waals surface area contributed by atoms with Crippen molar-refractivity contribution in [3.63, 3.8) is 0 Å². The van der Waals surface area contributed by atoms with E-state index in [1.807, 2.05) is 6.92 Å². The molecular weight excluding hydrogens is 254 g/mol. The van der Waals surface area contributed by atoms with Gasteiger partial charge in [-0.25, -0.2) is 4.79 Å². The first-order valence-electron chi connectivity index (χ1n) is 7.48. The van der Waals surface area contributed by atoms with Gasteiger partial charge in [0.2, 0.25) is 0 Å². The Morgan fingerprint density at radius 1 is 1.25 bits per heavy atom. The number of ether oxygens (including phenoxy) is 1. The molecule has 0 saturated heterocycles. The van der Waals surface area contributed by atoms with Gasteiger partial charge in [0, 0.05) is 19.1 Å². The molecule has 1 aromatic heterocycles. The van der Waals surface area contributed by atoms with Crippen molar-refractivity contribution in [3.8, 4) is 0 Å². The first-order chi connectivity index (χ1) is 9.56. The number of Topliss-reactive ketones (excluding diaryl/α,β-unsaturated/α-hetero) is 1. The van der Waals surface area contributed by atoms with Crippen molar-refractivity contribution < 1.29 is 15.8 Å². The van der Waals surface area contributed by atoms with Crippen LogP contribution in [0.3, 0.4) is 0 Å². The van der Waals surface area contributed by atoms with Crippen molar-refractivity contribution in [3.05, 3.63) is 22.5 Å². The van der Waals surface area contributed by atoms with Crippen LogP contribution in [0.2, 0.25) is 0 Å². The second-order valence-corrected chi connectivity index (χ2v) is 5.04. The van der Waals surface area contributed by atoms with Crippen LogP contribution in [0.4, 0.5) is 0 Å². The Hall–Kier alpha value is -1.58. The fourth-order valence-electron chi connectivity index (χ4n) is 2.39. The van der Waals surface area contributed by atoms with Crippen LogP contribution in [-0.2, 0) is 11.2 Å². The van der Waals surface area contributed by atoms with Gasteiger partial charge in [0.25, 0.3) is 0 Å². The third-order valence-electron chi connectivity index (χ3n) is 3.13. The lowest BCUT2D eigenvalue weighted by atomic mass is 10.0. The van der Waals surface area contributed by atoms with Crippen molar-refractivity contribution in [1.29, 1.82) is 0 Å². The minimum absolute atomic E-state index is 0. The van der Waals surface area contributed by atoms with Crippen LogP contribution < -0.4 is 0 Å². The molecule has 0 atom stereocenters. The number of nitrogens with one attached hydrogen (secondary N) is 1. The number of carbonyl (C=O) groups is 2. The molecule has 4 nitrogen and oxygen atoms in total. The number of esters is 1. The number of aromatic amines is 1. The second-order valence-electron chi connectivity index (χ2n) is 5.04. The van der Waals surface area contributed by atoms with Crippen LogP contribution in [0, 0.1) is 6.92 Å². The Kier molecular flexibility index (Phi) is 6.49. The summed E-state index contributed by atoms with van der Waals surface area (Å²) >= 11 is 0. The van der Waals surface area contributed by atoms with Crippen molar-refractivity contribution >= 4 is 11.8 Å². The molecule has 1 aliphatic rings. The number of hydrogen-bond donors (Lipinski definition) is 1. The van der Waals surface area contributed by atoms with Gasteiger partial charge in [-0.2, -0.15) is 0 Å². The molecule has 0 aliphatic heterocycles. The third-order valence-corrected chi connectivity index (χ3v) is 3.13. The minimum Gasteiger partial charge on any atom is -0.461 e. The van der Waals surface area contributed by atoms with Crippen LogP contribution in [0.5, 0.6) is 0 Å². The van der Waals surface area contributed by atoms with Crippen LogP contribution in [0.25, 0.3) is 0 Å². The molecule has 0 fully saturated rings. The quantitative estimate of drug-likeness (QED) is 0.656. The number of hydrogen-bond acceptors (Lipinski definition) is 3. The van der Waals surface area contributed by atoms with E-state index in [0.29, 0.717) is 24.3 Å². The molecule has 4 heteroatoms. The monoisotopic (exact) mass is 281 g/mol. The molecule has 0 spiro atoms. The number of carbonyl (C=O) groups excluding carboxylic acids is 2. The highest BCUT2D eigenvalue weighted by atomic mass is 16.5. The van der Waals surface area contributed by atoms with Crippen LogP contribution in [0.15, 0.2) is 0 Å². The van der Waals surface area contributed by atoms with Gasteiger partial charge in [-0.3, -0.25) is 4.79 Å². The molecule has 0 amide bonds. The lowest BCUT2D eigenvalue weighted by Gasteiger charge is -2.03. The van der Waals surface area contributed by atoms with E-state index in [9.17, 15) is 9.59 Å². The molecular formula is C16H27NO3. The van der Waals surface area contributed by atoms with E-state index in [2.05, 4.69) is 18.8 Å². The van der Waals surface area contributed by atoms with Crippen LogP contribution in [0.1, 0.15) is 80.0 Å². The summed E-state index contributed by atoms with van der Waals surface area (Å²) in [6, 6.07) is 0. The van der Waals surface area contributed by atoms with E-state index in [1.165, 1.54) is 6.42 Å². The SMILES string of the molecule is CCC.CCOC(=O)c1[nH]c(C)c2c1CCCCC2=O.[HH]. The summed E-state index contributed by atoms with van der Waals surface area (Å²) in [5.74, 6) is -0.214. The summed E-state index contributed by atoms with van der Waals surface area (Å²) in [7, 11) is 0. The van der Waals surface area contributed by atoms with E-state index in [0.717, 1.165) is 30.5 Å². The summed E-state index contributed by atoms with van der Waals surface area (Å²) in [5.41, 5.74) is 2.82. The predicted molar refractivity (Wildman–Crippen MR) is 81.5 cm³/mol. The molecule has 114 valence electrons. The molecule has 1 aromatic rings. The van der Waals surface area contributed by atoms with Gasteiger partial charge in [-0.05, 0) is 38.7 Å². The second kappa shape index (κ2) is 7.88. The van der Waals surface area contributed by atoms with E-state index >= 15 is 0 Å². The molecule has 0 aromatic carbocycles. The zero-order valence-corrected chi connectivity index (χ0v) is 13.0. The highest BCUT2D eigenvalue weighted by Gasteiger charge is 2.26. The minimum atomic E-state index is -0.355. The van der Waals surface area contributed by atoms with Crippen LogP contribution >= 0.6 is 0 Å². The van der Waals surface area contributed by atoms with E-state index in [4.69, 9.17) is 4.74 Å². The van der Waals surface area contributed by atoms with Crippen molar-refractivity contribution in [2.75, 3.05) is 6.61 Å². The predicted octanol–water partition coefficient (Wildman–Crippen LogP) is 4.07. The summed E-state index contributed by atoms with van der Waals surface area (Å²) in [6.45, 7) is 8.21. The lowest BCUT2D eigenvalue weighted by Crippen LogP contribution is -2.08. The lowest BCUT2D eigenvalue weighted by molar-refractivity contribution is 0.0518. The standard InChI is InChI=1S/C13H17NO3.C3H8.H2/c1-3-17-13(16)12-9-6-4-5-7-10(15)11(9)8(2)14-12;1-3-2;/h14H,3-7H2,1-2H3;3H2,1-2H3;1H. The Labute approximate surface area is 122 Å². The summed E-state index contributed by atoms with van der Waals surface area (Å²) < 4.78 is 5.00. The maximum atomic E-state index is 11.9. The summed E-state index contributed by atoms with van der Waals surface area (Å²) in [6.07, 6.45) is 4.45. The highest BCUT2D eigenvalue weighted by Crippen LogP contribution is 2.27. The van der Waals surface area contributed by atoms with Crippen molar-refractivity contribution in [2.45, 2.75) is 59.8 Å². The van der Waals surface area contributed by atoms with Crippen molar-refractivity contribution in [2.24, 2.45) is 0 Å². The molecule has 2 rings (SSSR count). The van der Waals surface area contributed by atoms with Gasteiger partial charge >= 0.3 is 5.97 Å². The normalized spacial score (nSPS) is 13.9. The number of ketones is 1. The fourth-order valence-corrected chi connectivity index (χ4v) is 2.39. The molecule has 0 radical (unpaired) electrons. The molecule has 20 heavy (non-hydrogen) atoms. The molecule has 0 bridgehead atoms. The average Bonchev–Trinajstić information content (AvgIpc) is 2.60. The summed E-state index contributed by atoms with van der Waals surface area (Å²) in [5, 5.41) is 0. The Morgan fingerprint density at radius 2 is 1.85 bits per heavy atom. The Balaban J connectivity index is 0.000000922. The molecule has 1 heterocycles. The van der Waals surface area contributed by atoms with Crippen molar-refractivity contribution in [1.82, 2.24) is 4.98 Å². The van der Waals surface area contributed by atoms with E-state index in [1.54, 1.807) is 6.92 Å². The summed E-state index contributed by atoms with van der Waals surface area (Å²) in [4.78, 5) is 26.7. The smallest absolute Gasteiger partial charge is 0.355 e. The van der Waals surface area contributed by atoms with Gasteiger partial charge in [0.15, 0.2) is 5.78 Å². The molecule has 0 saturated carbocycles. The number of H-pyrrole nitrogens is 1. The van der Waals surface area contributed by atoms with Gasteiger partial charge in [-0.1, -0.05) is 20.3 Å². The zero-order chi connectivity index (χ0) is 15.1. The average molecular weight is 281 g/mol. The van der Waals surface area contributed by atoms with Gasteiger partial charge in [0.1, 0.15) is 5.69 Å². The number of aromatic nitrogens is 1. The molecule has 1 N–H and O–H groups in total. The first kappa shape index (κ1) is 16.5. The number of aryl methyl sites for hydroxylation is 1. The largest absolute Gasteiger partial charge is 0.461 e. The van der Waals surface area contributed by atoms with Gasteiger partial charge in [0.05, 0.1) is 6.61 Å². The van der Waals surface area contributed by atoms with Crippen LogP contribution in [-0.4, -0.2) is 23.3 Å². The molecule has 1 aliphatic carbocycles. The van der Waals surface area contributed by atoms with E-state index in [-0.39, 0.29) is 13.2 Å². The third kappa shape index (κ3) is 3.71.